The molecule has 232 valence electrons. The van der Waals surface area contributed by atoms with E-state index in [0.717, 1.165) is 38.5 Å². The molecule has 8 atom stereocenters. The molecule has 2 fully saturated rings. The number of hydrogen-bond acceptors (Lipinski definition) is 5. The van der Waals surface area contributed by atoms with Gasteiger partial charge >= 0.3 is 5.97 Å². The second-order valence-corrected chi connectivity index (χ2v) is 19.4. The van der Waals surface area contributed by atoms with Crippen LogP contribution in [-0.2, 0) is 18.7 Å². The number of carboxylic acid groups (broad SMARTS) is 1. The van der Waals surface area contributed by atoms with Crippen molar-refractivity contribution < 1.29 is 28.9 Å². The molecule has 0 bridgehead atoms. The molecule has 6 nitrogen and oxygen atoms in total. The fourth-order valence-electron chi connectivity index (χ4n) is 7.18. The van der Waals surface area contributed by atoms with Crippen molar-refractivity contribution in [2.75, 3.05) is 0 Å². The van der Waals surface area contributed by atoms with Crippen molar-refractivity contribution in [2.24, 2.45) is 11.8 Å². The Balaban J connectivity index is 2.04. The van der Waals surface area contributed by atoms with Crippen molar-refractivity contribution in [3.05, 3.63) is 22.3 Å². The van der Waals surface area contributed by atoms with Crippen molar-refractivity contribution in [3.63, 3.8) is 0 Å². The summed E-state index contributed by atoms with van der Waals surface area (Å²) in [7, 11) is -2.08. The predicted octanol–water partition coefficient (Wildman–Crippen LogP) is 8.43. The fraction of sp³-hybridized carbons (Fsp3) is 0.844. The maximum atomic E-state index is 11.6. The minimum absolute atomic E-state index is 0.0225. The van der Waals surface area contributed by atoms with E-state index >= 15 is 0 Å². The first-order valence-electron chi connectivity index (χ1n) is 15.6. The zero-order valence-corrected chi connectivity index (χ0v) is 29.4. The van der Waals surface area contributed by atoms with Gasteiger partial charge in [-0.15, -0.1) is 0 Å². The molecule has 0 aromatic carbocycles. The highest BCUT2D eigenvalue weighted by Gasteiger charge is 2.48. The van der Waals surface area contributed by atoms with Crippen molar-refractivity contribution in [2.45, 2.75) is 160 Å². The second kappa shape index (κ2) is 17.1. The standard InChI is InChI=1S/C32H57IO6Si/c1-21(2)40(22(3)4,23(5)6)39-30-18-28(38-29(19-30)20-32(35)36)17-27-11-9-10-26(37-27)16-24(7)12-13-25(8)31(34)14-15-33/h12-15,21-31,34H,9-11,16-20H2,1-8H3,(H,35,36)/b13-12+,15-14+/t24-,25-,26+,27-,28-,29-,30+,31-/m0/s1. The van der Waals surface area contributed by atoms with Crippen LogP contribution in [0.25, 0.3) is 0 Å². The Labute approximate surface area is 259 Å². The van der Waals surface area contributed by atoms with Crippen LogP contribution in [0.3, 0.4) is 0 Å². The van der Waals surface area contributed by atoms with Gasteiger partial charge in [0.1, 0.15) is 0 Å². The summed E-state index contributed by atoms with van der Waals surface area (Å²) in [6, 6.07) is 0. The van der Waals surface area contributed by atoms with E-state index in [0.29, 0.717) is 29.0 Å². The van der Waals surface area contributed by atoms with Crippen molar-refractivity contribution >= 4 is 36.9 Å². The first-order valence-corrected chi connectivity index (χ1v) is 19.0. The molecule has 2 aliphatic rings. The van der Waals surface area contributed by atoms with Crippen LogP contribution in [0.1, 0.15) is 107 Å². The number of carboxylic acids is 1. The van der Waals surface area contributed by atoms with E-state index in [2.05, 4.69) is 83.2 Å². The molecular weight excluding hydrogens is 635 g/mol. The molecule has 2 rings (SSSR count). The molecule has 8 heteroatoms. The van der Waals surface area contributed by atoms with E-state index in [9.17, 15) is 15.0 Å². The number of allylic oxidation sites excluding steroid dienone is 1. The first-order chi connectivity index (χ1) is 18.8. The summed E-state index contributed by atoms with van der Waals surface area (Å²) < 4.78 is 22.0. The number of aliphatic hydroxyl groups is 1. The summed E-state index contributed by atoms with van der Waals surface area (Å²) in [5.74, 6) is -0.366. The Hall–Kier alpha value is -0.263. The van der Waals surface area contributed by atoms with Crippen LogP contribution in [-0.4, -0.2) is 61.1 Å². The third-order valence-electron chi connectivity index (χ3n) is 9.07. The van der Waals surface area contributed by atoms with Gasteiger partial charge in [0.25, 0.3) is 0 Å². The van der Waals surface area contributed by atoms with Gasteiger partial charge in [-0.1, -0.05) is 90.1 Å². The first kappa shape index (κ1) is 35.9. The molecule has 0 saturated carbocycles. The average molecular weight is 693 g/mol. The average Bonchev–Trinajstić information content (AvgIpc) is 2.85. The second-order valence-electron chi connectivity index (χ2n) is 13.3. The quantitative estimate of drug-likeness (QED) is 0.102. The number of rotatable bonds is 15. The molecule has 40 heavy (non-hydrogen) atoms. The van der Waals surface area contributed by atoms with Crippen molar-refractivity contribution in [1.82, 2.24) is 0 Å². The summed E-state index contributed by atoms with van der Waals surface area (Å²) in [6.45, 7) is 18.1. The predicted molar refractivity (Wildman–Crippen MR) is 174 cm³/mol. The Bertz CT molecular complexity index is 793. The Morgan fingerprint density at radius 2 is 1.48 bits per heavy atom. The minimum Gasteiger partial charge on any atom is -0.481 e. The summed E-state index contributed by atoms with van der Waals surface area (Å²) in [5, 5.41) is 19.7. The normalized spacial score (nSPS) is 29.1. The molecular formula is C32H57IO6Si. The molecule has 0 amide bonds. The molecule has 0 spiro atoms. The van der Waals surface area contributed by atoms with Crippen molar-refractivity contribution in [1.29, 1.82) is 0 Å². The lowest BCUT2D eigenvalue weighted by Gasteiger charge is -2.47. The zero-order chi connectivity index (χ0) is 30.0. The smallest absolute Gasteiger partial charge is 0.305 e. The molecule has 0 aromatic heterocycles. The van der Waals surface area contributed by atoms with E-state index in [-0.39, 0.29) is 42.9 Å². The third-order valence-corrected chi connectivity index (χ3v) is 15.6. The van der Waals surface area contributed by atoms with Gasteiger partial charge in [0.15, 0.2) is 0 Å². The van der Waals surface area contributed by atoms with Crippen LogP contribution < -0.4 is 0 Å². The SMILES string of the molecule is CC(C)[Si](O[C@H]1C[C@@H](CC(=O)O)O[C@@H](C[C@@H]2CCC[C@H](C[C@@H](C)/C=C/[C@H](C)[C@@H](O)/C=C/I)O2)C1)(C(C)C)C(C)C. The molecule has 0 radical (unpaired) electrons. The van der Waals surface area contributed by atoms with Crippen LogP contribution in [0.15, 0.2) is 22.3 Å². The van der Waals surface area contributed by atoms with Crippen LogP contribution >= 0.6 is 22.6 Å². The Kier molecular flexibility index (Phi) is 15.4. The lowest BCUT2D eigenvalue weighted by atomic mass is 9.91. The van der Waals surface area contributed by atoms with E-state index in [4.69, 9.17) is 13.9 Å². The Morgan fingerprint density at radius 3 is 2.05 bits per heavy atom. The molecule has 0 unspecified atom stereocenters. The van der Waals surface area contributed by atoms with Crippen LogP contribution in [0.5, 0.6) is 0 Å². The molecule has 2 heterocycles. The highest BCUT2D eigenvalue weighted by Crippen LogP contribution is 2.45. The van der Waals surface area contributed by atoms with Crippen LogP contribution in [0.4, 0.5) is 0 Å². The summed E-state index contributed by atoms with van der Waals surface area (Å²) in [4.78, 5) is 11.6. The Morgan fingerprint density at radius 1 is 0.900 bits per heavy atom. The van der Waals surface area contributed by atoms with E-state index in [1.807, 2.05) is 17.1 Å². The molecule has 0 aliphatic carbocycles. The molecule has 2 saturated heterocycles. The maximum Gasteiger partial charge on any atom is 0.305 e. The van der Waals surface area contributed by atoms with E-state index in [1.165, 1.54) is 0 Å². The van der Waals surface area contributed by atoms with Gasteiger partial charge in [0.2, 0.25) is 8.32 Å². The minimum atomic E-state index is -2.08. The van der Waals surface area contributed by atoms with Gasteiger partial charge in [0, 0.05) is 5.92 Å². The lowest BCUT2D eigenvalue weighted by Crippen LogP contribution is -2.52. The summed E-state index contributed by atoms with van der Waals surface area (Å²) in [5.41, 5.74) is 1.46. The van der Waals surface area contributed by atoms with Gasteiger partial charge in [-0.25, -0.2) is 0 Å². The molecule has 2 aliphatic heterocycles. The fourth-order valence-corrected chi connectivity index (χ4v) is 13.2. The number of ether oxygens (including phenoxy) is 2. The highest BCUT2D eigenvalue weighted by atomic mass is 127. The number of halogens is 1. The van der Waals surface area contributed by atoms with Gasteiger partial charge in [-0.3, -0.25) is 4.79 Å². The monoisotopic (exact) mass is 692 g/mol. The number of hydrogen-bond donors (Lipinski definition) is 2. The van der Waals surface area contributed by atoms with E-state index < -0.39 is 20.4 Å². The van der Waals surface area contributed by atoms with Crippen LogP contribution in [0.2, 0.25) is 16.6 Å². The maximum absolute atomic E-state index is 11.6. The number of aliphatic carboxylic acids is 1. The summed E-state index contributed by atoms with van der Waals surface area (Å²) >= 11 is 2.13. The topological polar surface area (TPSA) is 85.2 Å². The van der Waals surface area contributed by atoms with Crippen LogP contribution in [0, 0.1) is 11.8 Å². The largest absolute Gasteiger partial charge is 0.481 e. The zero-order valence-electron chi connectivity index (χ0n) is 26.2. The van der Waals surface area contributed by atoms with Crippen molar-refractivity contribution in [3.8, 4) is 0 Å². The molecule has 0 aromatic rings. The molecule has 2 N–H and O–H groups in total. The third kappa shape index (κ3) is 10.8. The van der Waals surface area contributed by atoms with Gasteiger partial charge in [-0.05, 0) is 77.6 Å². The van der Waals surface area contributed by atoms with Gasteiger partial charge in [-0.2, -0.15) is 0 Å². The van der Waals surface area contributed by atoms with Gasteiger partial charge in [0.05, 0.1) is 43.0 Å². The number of aliphatic hydroxyl groups excluding tert-OH is 1. The lowest BCUT2D eigenvalue weighted by molar-refractivity contribution is -0.151. The summed E-state index contributed by atoms with van der Waals surface area (Å²) in [6.07, 6.45) is 12.1. The highest BCUT2D eigenvalue weighted by molar-refractivity contribution is 14.1. The number of carbonyl (C=O) groups is 1. The van der Waals surface area contributed by atoms with E-state index in [1.54, 1.807) is 0 Å². The van der Waals surface area contributed by atoms with Gasteiger partial charge < -0.3 is 24.1 Å².